The monoisotopic (exact) mass is 244 g/mol. The van der Waals surface area contributed by atoms with Crippen molar-refractivity contribution < 1.29 is 9.18 Å². The largest absolute Gasteiger partial charge is 0.337 e. The van der Waals surface area contributed by atoms with Gasteiger partial charge in [-0.1, -0.05) is 18.2 Å². The molecule has 0 atom stereocenters. The van der Waals surface area contributed by atoms with Crippen LogP contribution in [-0.4, -0.2) is 22.8 Å². The normalized spacial score (nSPS) is 10.1. The summed E-state index contributed by atoms with van der Waals surface area (Å²) < 4.78 is 13.5. The number of benzene rings is 1. The van der Waals surface area contributed by atoms with Gasteiger partial charge in [0.15, 0.2) is 0 Å². The van der Waals surface area contributed by atoms with Crippen molar-refractivity contribution in [1.82, 2.24) is 9.88 Å². The molecule has 0 bridgehead atoms. The predicted molar refractivity (Wildman–Crippen MR) is 66.4 cm³/mol. The van der Waals surface area contributed by atoms with Gasteiger partial charge in [-0.2, -0.15) is 0 Å². The van der Waals surface area contributed by atoms with Gasteiger partial charge in [-0.05, 0) is 18.2 Å². The maximum absolute atomic E-state index is 13.5. The predicted octanol–water partition coefficient (Wildman–Crippen LogP) is 2.49. The zero-order chi connectivity index (χ0) is 13.0. The van der Waals surface area contributed by atoms with Crippen molar-refractivity contribution in [1.29, 1.82) is 0 Å². The summed E-state index contributed by atoms with van der Waals surface area (Å²) in [5.41, 5.74) is 0.994. The molecule has 1 amide bonds. The molecule has 0 unspecified atom stereocenters. The Morgan fingerprint density at radius 2 is 2.06 bits per heavy atom. The van der Waals surface area contributed by atoms with Crippen molar-refractivity contribution in [3.05, 3.63) is 65.7 Å². The first kappa shape index (κ1) is 12.2. The summed E-state index contributed by atoms with van der Waals surface area (Å²) in [6, 6.07) is 9.82. The van der Waals surface area contributed by atoms with E-state index >= 15 is 0 Å². The minimum Gasteiger partial charge on any atom is -0.337 e. The first-order valence-corrected chi connectivity index (χ1v) is 5.57. The molecule has 1 aromatic heterocycles. The Hall–Kier alpha value is -2.23. The number of amides is 1. The fraction of sp³-hybridized carbons (Fsp3) is 0.143. The number of carbonyl (C=O) groups is 1. The number of hydrogen-bond acceptors (Lipinski definition) is 2. The van der Waals surface area contributed by atoms with Gasteiger partial charge in [-0.3, -0.25) is 9.78 Å². The lowest BCUT2D eigenvalue weighted by atomic mass is 10.2. The van der Waals surface area contributed by atoms with Crippen LogP contribution in [0.1, 0.15) is 15.9 Å². The molecule has 18 heavy (non-hydrogen) atoms. The second-order valence-corrected chi connectivity index (χ2v) is 3.99. The smallest absolute Gasteiger partial charge is 0.255 e. The molecule has 1 heterocycles. The van der Waals surface area contributed by atoms with E-state index in [2.05, 4.69) is 4.98 Å². The average Bonchev–Trinajstić information content (AvgIpc) is 2.41. The van der Waals surface area contributed by atoms with E-state index in [0.717, 1.165) is 0 Å². The average molecular weight is 244 g/mol. The molecular weight excluding hydrogens is 231 g/mol. The molecule has 0 aliphatic heterocycles. The van der Waals surface area contributed by atoms with Crippen LogP contribution in [0, 0.1) is 5.82 Å². The minimum absolute atomic E-state index is 0.175. The van der Waals surface area contributed by atoms with Crippen LogP contribution in [0.3, 0.4) is 0 Å². The molecular formula is C14H13FN2O. The van der Waals surface area contributed by atoms with E-state index in [4.69, 9.17) is 0 Å². The van der Waals surface area contributed by atoms with Gasteiger partial charge in [0.1, 0.15) is 5.82 Å². The number of carbonyl (C=O) groups excluding carboxylic acids is 1. The van der Waals surface area contributed by atoms with E-state index in [-0.39, 0.29) is 18.3 Å². The van der Waals surface area contributed by atoms with Crippen LogP contribution >= 0.6 is 0 Å². The molecule has 0 N–H and O–H groups in total. The molecule has 0 aliphatic carbocycles. The van der Waals surface area contributed by atoms with Crippen LogP contribution in [0.2, 0.25) is 0 Å². The highest BCUT2D eigenvalue weighted by Crippen LogP contribution is 2.11. The number of aromatic nitrogens is 1. The lowest BCUT2D eigenvalue weighted by Gasteiger charge is -2.17. The van der Waals surface area contributed by atoms with Crippen molar-refractivity contribution in [3.8, 4) is 0 Å². The van der Waals surface area contributed by atoms with E-state index in [1.165, 1.54) is 17.2 Å². The Balaban J connectivity index is 2.11. The van der Waals surface area contributed by atoms with Gasteiger partial charge in [0.05, 0.1) is 5.56 Å². The summed E-state index contributed by atoms with van der Waals surface area (Å²) in [6.45, 7) is 0.237. The summed E-state index contributed by atoms with van der Waals surface area (Å²) in [7, 11) is 1.64. The molecule has 1 aromatic carbocycles. The first-order valence-electron chi connectivity index (χ1n) is 5.57. The maximum Gasteiger partial charge on any atom is 0.255 e. The molecule has 0 radical (unpaired) electrons. The van der Waals surface area contributed by atoms with Gasteiger partial charge in [0.2, 0.25) is 0 Å². The maximum atomic E-state index is 13.5. The highest BCUT2D eigenvalue weighted by atomic mass is 19.1. The van der Waals surface area contributed by atoms with Crippen LogP contribution in [0.4, 0.5) is 4.39 Å². The summed E-state index contributed by atoms with van der Waals surface area (Å²) in [5.74, 6) is -0.477. The molecule has 0 saturated heterocycles. The Kier molecular flexibility index (Phi) is 3.67. The lowest BCUT2D eigenvalue weighted by Crippen LogP contribution is -2.26. The summed E-state index contributed by atoms with van der Waals surface area (Å²) >= 11 is 0. The molecule has 0 fully saturated rings. The van der Waals surface area contributed by atoms with Crippen molar-refractivity contribution in [3.63, 3.8) is 0 Å². The zero-order valence-electron chi connectivity index (χ0n) is 10.0. The molecule has 3 nitrogen and oxygen atoms in total. The van der Waals surface area contributed by atoms with Crippen molar-refractivity contribution in [2.75, 3.05) is 7.05 Å². The van der Waals surface area contributed by atoms with Gasteiger partial charge >= 0.3 is 0 Å². The van der Waals surface area contributed by atoms with E-state index in [0.29, 0.717) is 11.1 Å². The number of hydrogen-bond donors (Lipinski definition) is 0. The SMILES string of the molecule is CN(Cc1ccccc1F)C(=O)c1cccnc1. The third-order valence-electron chi connectivity index (χ3n) is 2.62. The van der Waals surface area contributed by atoms with Gasteiger partial charge < -0.3 is 4.90 Å². The first-order chi connectivity index (χ1) is 8.68. The van der Waals surface area contributed by atoms with E-state index in [1.54, 1.807) is 43.6 Å². The fourth-order valence-electron chi connectivity index (χ4n) is 1.66. The van der Waals surface area contributed by atoms with Crippen molar-refractivity contribution >= 4 is 5.91 Å². The second kappa shape index (κ2) is 5.40. The zero-order valence-corrected chi connectivity index (χ0v) is 10.0. The number of rotatable bonds is 3. The second-order valence-electron chi connectivity index (χ2n) is 3.99. The van der Waals surface area contributed by atoms with E-state index in [9.17, 15) is 9.18 Å². The van der Waals surface area contributed by atoms with Crippen LogP contribution in [0.25, 0.3) is 0 Å². The van der Waals surface area contributed by atoms with Gasteiger partial charge in [-0.15, -0.1) is 0 Å². The van der Waals surface area contributed by atoms with Crippen LogP contribution in [0.5, 0.6) is 0 Å². The van der Waals surface area contributed by atoms with Crippen molar-refractivity contribution in [2.45, 2.75) is 6.54 Å². The fourth-order valence-corrected chi connectivity index (χ4v) is 1.66. The molecule has 4 heteroatoms. The van der Waals surface area contributed by atoms with E-state index in [1.807, 2.05) is 0 Å². The highest BCUT2D eigenvalue weighted by molar-refractivity contribution is 5.93. The summed E-state index contributed by atoms with van der Waals surface area (Å²) in [4.78, 5) is 17.4. The lowest BCUT2D eigenvalue weighted by molar-refractivity contribution is 0.0783. The Bertz CT molecular complexity index is 543. The van der Waals surface area contributed by atoms with Crippen LogP contribution in [0.15, 0.2) is 48.8 Å². The van der Waals surface area contributed by atoms with E-state index < -0.39 is 0 Å². The third-order valence-corrected chi connectivity index (χ3v) is 2.62. The highest BCUT2D eigenvalue weighted by Gasteiger charge is 2.13. The summed E-state index contributed by atoms with van der Waals surface area (Å²) in [5, 5.41) is 0. The van der Waals surface area contributed by atoms with Crippen molar-refractivity contribution in [2.24, 2.45) is 0 Å². The number of pyridine rings is 1. The van der Waals surface area contributed by atoms with Crippen LogP contribution < -0.4 is 0 Å². The quantitative estimate of drug-likeness (QED) is 0.831. The topological polar surface area (TPSA) is 33.2 Å². The minimum atomic E-state index is -0.302. The van der Waals surface area contributed by atoms with Gasteiger partial charge in [-0.25, -0.2) is 4.39 Å². The number of nitrogens with zero attached hydrogens (tertiary/aromatic N) is 2. The molecule has 0 saturated carbocycles. The standard InChI is InChI=1S/C14H13FN2O/c1-17(10-12-5-2-3-7-13(12)15)14(18)11-6-4-8-16-9-11/h2-9H,10H2,1H3. The van der Waals surface area contributed by atoms with Gasteiger partial charge in [0.25, 0.3) is 5.91 Å². The molecule has 0 spiro atoms. The van der Waals surface area contributed by atoms with Gasteiger partial charge in [0, 0.05) is 31.5 Å². The Morgan fingerprint density at radius 1 is 1.28 bits per heavy atom. The Labute approximate surface area is 105 Å². The molecule has 2 rings (SSSR count). The molecule has 0 aliphatic rings. The van der Waals surface area contributed by atoms with Crippen LogP contribution in [-0.2, 0) is 6.54 Å². The molecule has 92 valence electrons. The summed E-state index contributed by atoms with van der Waals surface area (Å²) in [6.07, 6.45) is 3.10. The third kappa shape index (κ3) is 2.71. The molecule has 2 aromatic rings. The Morgan fingerprint density at radius 3 is 2.72 bits per heavy atom. The number of halogens is 1.